The van der Waals surface area contributed by atoms with Crippen LogP contribution >= 0.6 is 0 Å². The Balaban J connectivity index is 1.53. The number of ether oxygens (including phenoxy) is 2. The Morgan fingerprint density at radius 2 is 1.97 bits per heavy atom. The molecule has 0 aliphatic carbocycles. The van der Waals surface area contributed by atoms with Crippen molar-refractivity contribution in [2.75, 3.05) is 27.3 Å². The van der Waals surface area contributed by atoms with Crippen molar-refractivity contribution < 1.29 is 19.1 Å². The van der Waals surface area contributed by atoms with Crippen LogP contribution in [0.4, 0.5) is 0 Å². The zero-order valence-corrected chi connectivity index (χ0v) is 19.2. The van der Waals surface area contributed by atoms with Gasteiger partial charge in [-0.05, 0) is 56.5 Å². The van der Waals surface area contributed by atoms with E-state index in [1.165, 1.54) is 18.2 Å². The first kappa shape index (κ1) is 21.9. The molecule has 0 saturated heterocycles. The minimum Gasteiger partial charge on any atom is -0.497 e. The molecule has 0 spiro atoms. The number of carbonyl (C=O) groups is 2. The fraction of sp³-hybridized carbons (Fsp3) is 0.360. The second-order valence-corrected chi connectivity index (χ2v) is 8.24. The van der Waals surface area contributed by atoms with E-state index in [1.807, 2.05) is 25.3 Å². The summed E-state index contributed by atoms with van der Waals surface area (Å²) < 4.78 is 10.2. The Labute approximate surface area is 187 Å². The summed E-state index contributed by atoms with van der Waals surface area (Å²) in [4.78, 5) is 33.9. The number of methoxy groups -OCH3 is 2. The van der Waals surface area contributed by atoms with Crippen LogP contribution in [-0.2, 0) is 4.74 Å². The van der Waals surface area contributed by atoms with E-state index in [-0.39, 0.29) is 11.8 Å². The van der Waals surface area contributed by atoms with Gasteiger partial charge in [0.05, 0.1) is 31.5 Å². The maximum atomic E-state index is 13.2. The van der Waals surface area contributed by atoms with Crippen molar-refractivity contribution >= 4 is 28.2 Å². The van der Waals surface area contributed by atoms with Crippen LogP contribution in [0, 0.1) is 13.8 Å². The van der Waals surface area contributed by atoms with E-state index < -0.39 is 5.97 Å². The Hall–Kier alpha value is -3.32. The number of esters is 1. The monoisotopic (exact) mass is 435 g/mol. The number of hydrogen-bond donors (Lipinski definition) is 2. The van der Waals surface area contributed by atoms with E-state index in [0.29, 0.717) is 29.1 Å². The summed E-state index contributed by atoms with van der Waals surface area (Å²) in [6.07, 6.45) is 5.08. The summed E-state index contributed by atoms with van der Waals surface area (Å²) in [6.45, 7) is 6.95. The van der Waals surface area contributed by atoms with Gasteiger partial charge in [0.2, 0.25) is 0 Å². The largest absolute Gasteiger partial charge is 0.497 e. The van der Waals surface area contributed by atoms with Crippen LogP contribution in [0.2, 0.25) is 0 Å². The number of carbonyl (C=O) groups excluding carboxylic acids is 2. The van der Waals surface area contributed by atoms with E-state index in [1.54, 1.807) is 21.0 Å². The summed E-state index contributed by atoms with van der Waals surface area (Å²) in [5, 5.41) is 1.14. The predicted molar refractivity (Wildman–Crippen MR) is 124 cm³/mol. The lowest BCUT2D eigenvalue weighted by Gasteiger charge is -2.31. The van der Waals surface area contributed by atoms with Crippen molar-refractivity contribution in [2.24, 2.45) is 0 Å². The number of H-pyrrole nitrogens is 2. The van der Waals surface area contributed by atoms with Crippen molar-refractivity contribution in [2.45, 2.75) is 33.2 Å². The number of nitrogens with zero attached hydrogens (tertiary/aromatic N) is 1. The van der Waals surface area contributed by atoms with Gasteiger partial charge in [-0.1, -0.05) is 6.08 Å². The number of aromatic amines is 2. The summed E-state index contributed by atoms with van der Waals surface area (Å²) in [6, 6.07) is 5.72. The standard InChI is InChI=1S/C25H29N3O4/c1-14-22(25(30)32-5)15(2)27-23(14)24(29)16(3)28-10-8-17(9-11-28)20-13-26-21-7-6-18(31-4)12-19(20)21/h6-8,12-13,16,26-27H,9-11H2,1-5H3. The second-order valence-electron chi connectivity index (χ2n) is 8.24. The molecular formula is C25H29N3O4. The van der Waals surface area contributed by atoms with Crippen LogP contribution in [0.3, 0.4) is 0 Å². The number of rotatable bonds is 6. The molecule has 1 unspecified atom stereocenters. The van der Waals surface area contributed by atoms with E-state index in [0.717, 1.165) is 29.6 Å². The first-order valence-corrected chi connectivity index (χ1v) is 10.8. The van der Waals surface area contributed by atoms with Gasteiger partial charge in [0.1, 0.15) is 5.75 Å². The third-order valence-corrected chi connectivity index (χ3v) is 6.48. The van der Waals surface area contributed by atoms with E-state index in [2.05, 4.69) is 27.0 Å². The molecule has 1 aliphatic rings. The number of fused-ring (bicyclic) bond motifs is 1. The van der Waals surface area contributed by atoms with Gasteiger partial charge in [-0.15, -0.1) is 0 Å². The molecule has 168 valence electrons. The van der Waals surface area contributed by atoms with E-state index >= 15 is 0 Å². The topological polar surface area (TPSA) is 87.4 Å². The predicted octanol–water partition coefficient (Wildman–Crippen LogP) is 4.27. The zero-order chi connectivity index (χ0) is 23.0. The molecule has 2 N–H and O–H groups in total. The first-order chi connectivity index (χ1) is 15.3. The van der Waals surface area contributed by atoms with Crippen molar-refractivity contribution in [3.8, 4) is 5.75 Å². The smallest absolute Gasteiger partial charge is 0.339 e. The number of aromatic nitrogens is 2. The Morgan fingerprint density at radius 3 is 2.62 bits per heavy atom. The molecule has 32 heavy (non-hydrogen) atoms. The summed E-state index contributed by atoms with van der Waals surface area (Å²) in [5.74, 6) is 0.386. The average Bonchev–Trinajstić information content (AvgIpc) is 3.37. The highest BCUT2D eigenvalue weighted by Gasteiger charge is 2.29. The molecular weight excluding hydrogens is 406 g/mol. The maximum Gasteiger partial charge on any atom is 0.339 e. The molecule has 4 rings (SSSR count). The minimum absolute atomic E-state index is 0.0190. The molecule has 1 aromatic carbocycles. The van der Waals surface area contributed by atoms with Crippen LogP contribution in [0.15, 0.2) is 30.5 Å². The van der Waals surface area contributed by atoms with Crippen LogP contribution in [0.1, 0.15) is 51.0 Å². The molecule has 0 saturated carbocycles. The third kappa shape index (κ3) is 3.73. The van der Waals surface area contributed by atoms with Crippen LogP contribution < -0.4 is 4.74 Å². The number of benzene rings is 1. The molecule has 7 heteroatoms. The molecule has 1 atom stereocenters. The Kier molecular flexibility index (Phi) is 5.93. The summed E-state index contributed by atoms with van der Waals surface area (Å²) >= 11 is 0. The minimum atomic E-state index is -0.427. The number of nitrogens with one attached hydrogen (secondary N) is 2. The number of aryl methyl sites for hydroxylation is 1. The van der Waals surface area contributed by atoms with Gasteiger partial charge in [0.25, 0.3) is 0 Å². The van der Waals surface area contributed by atoms with Gasteiger partial charge in [-0.25, -0.2) is 4.79 Å². The first-order valence-electron chi connectivity index (χ1n) is 10.8. The molecule has 3 aromatic rings. The van der Waals surface area contributed by atoms with E-state index in [4.69, 9.17) is 9.47 Å². The molecule has 2 aromatic heterocycles. The fourth-order valence-electron chi connectivity index (χ4n) is 4.55. The highest BCUT2D eigenvalue weighted by molar-refractivity contribution is 6.04. The highest BCUT2D eigenvalue weighted by Crippen LogP contribution is 2.32. The number of hydrogen-bond acceptors (Lipinski definition) is 5. The quantitative estimate of drug-likeness (QED) is 0.446. The molecule has 7 nitrogen and oxygen atoms in total. The second kappa shape index (κ2) is 8.67. The van der Waals surface area contributed by atoms with Crippen molar-refractivity contribution in [1.82, 2.24) is 14.9 Å². The molecule has 0 amide bonds. The Morgan fingerprint density at radius 1 is 1.19 bits per heavy atom. The van der Waals surface area contributed by atoms with Crippen LogP contribution in [0.25, 0.3) is 16.5 Å². The molecule has 1 aliphatic heterocycles. The van der Waals surface area contributed by atoms with Gasteiger partial charge >= 0.3 is 5.97 Å². The van der Waals surface area contributed by atoms with Gasteiger partial charge in [-0.3, -0.25) is 9.69 Å². The average molecular weight is 436 g/mol. The number of Topliss-reactive ketones (excluding diaryl/α,β-unsaturated/α-hetero) is 1. The lowest BCUT2D eigenvalue weighted by atomic mass is 9.97. The van der Waals surface area contributed by atoms with Crippen molar-refractivity contribution in [3.63, 3.8) is 0 Å². The van der Waals surface area contributed by atoms with Crippen LogP contribution in [-0.4, -0.2) is 60.0 Å². The van der Waals surface area contributed by atoms with Gasteiger partial charge in [0, 0.05) is 41.4 Å². The van der Waals surface area contributed by atoms with Crippen LogP contribution in [0.5, 0.6) is 5.75 Å². The molecule has 0 fully saturated rings. The lowest BCUT2D eigenvalue weighted by molar-refractivity contribution is 0.0599. The van der Waals surface area contributed by atoms with Gasteiger partial charge < -0.3 is 19.4 Å². The Bertz CT molecular complexity index is 1220. The van der Waals surface area contributed by atoms with Gasteiger partial charge in [0.15, 0.2) is 5.78 Å². The molecule has 3 heterocycles. The fourth-order valence-corrected chi connectivity index (χ4v) is 4.55. The maximum absolute atomic E-state index is 13.2. The van der Waals surface area contributed by atoms with Crippen molar-refractivity contribution in [3.05, 3.63) is 58.6 Å². The zero-order valence-electron chi connectivity index (χ0n) is 19.2. The van der Waals surface area contributed by atoms with E-state index in [9.17, 15) is 9.59 Å². The highest BCUT2D eigenvalue weighted by atomic mass is 16.5. The number of ketones is 1. The molecule has 0 radical (unpaired) electrons. The molecule has 0 bridgehead atoms. The SMILES string of the molecule is COC(=O)c1c(C)[nH]c(C(=O)C(C)N2CC=C(c3c[nH]c4ccc(OC)cc34)CC2)c1C. The van der Waals surface area contributed by atoms with Gasteiger partial charge in [-0.2, -0.15) is 0 Å². The summed E-state index contributed by atoms with van der Waals surface area (Å²) in [7, 11) is 3.02. The van der Waals surface area contributed by atoms with Crippen molar-refractivity contribution in [1.29, 1.82) is 0 Å². The summed E-state index contributed by atoms with van der Waals surface area (Å²) in [5.41, 5.74) is 5.74. The third-order valence-electron chi connectivity index (χ3n) is 6.48. The normalized spacial score (nSPS) is 15.5. The lowest BCUT2D eigenvalue weighted by Crippen LogP contribution is -2.41.